The maximum Gasteiger partial charge on any atom is 0.399 e. The van der Waals surface area contributed by atoms with Gasteiger partial charge in [-0.05, 0) is 19.4 Å². The van der Waals surface area contributed by atoms with Crippen molar-refractivity contribution in [3.63, 3.8) is 0 Å². The van der Waals surface area contributed by atoms with Gasteiger partial charge in [-0.1, -0.05) is 30.3 Å². The van der Waals surface area contributed by atoms with E-state index in [1.807, 2.05) is 0 Å². The highest BCUT2D eigenvalue weighted by molar-refractivity contribution is 7.55. The lowest BCUT2D eigenvalue weighted by molar-refractivity contribution is -0.307. The molecule has 214 valence electrons. The zero-order chi connectivity index (χ0) is 28.5. The number of benzene rings is 1. The Labute approximate surface area is 219 Å². The van der Waals surface area contributed by atoms with Crippen LogP contribution in [0.15, 0.2) is 30.3 Å². The van der Waals surface area contributed by atoms with Crippen molar-refractivity contribution < 1.29 is 60.5 Å². The Morgan fingerprint density at radius 2 is 1.39 bits per heavy atom. The molecular weight excluding hydrogens is 533 g/mol. The van der Waals surface area contributed by atoms with Crippen LogP contribution in [0.1, 0.15) is 46.6 Å². The number of hydrogen-bond acceptors (Lipinski definition) is 11. The molecule has 0 aromatic heterocycles. The molecule has 1 saturated heterocycles. The molecule has 1 unspecified atom stereocenters. The predicted molar refractivity (Wildman–Crippen MR) is 127 cm³/mol. The van der Waals surface area contributed by atoms with Gasteiger partial charge in [0.15, 0.2) is 18.3 Å². The normalized spacial score (nSPS) is 23.9. The Hall–Kier alpha value is -2.44. The Bertz CT molecular complexity index is 981. The number of hydrogen-bond donors (Lipinski definition) is 0. The number of rotatable bonds is 13. The van der Waals surface area contributed by atoms with E-state index < -0.39 is 68.3 Å². The van der Waals surface area contributed by atoms with Crippen molar-refractivity contribution in [1.29, 1.82) is 0 Å². The molecule has 0 N–H and O–H groups in total. The summed E-state index contributed by atoms with van der Waals surface area (Å²) in [4.78, 5) is 35.8. The van der Waals surface area contributed by atoms with Crippen LogP contribution in [-0.4, -0.2) is 67.5 Å². The molecule has 1 fully saturated rings. The van der Waals surface area contributed by atoms with Crippen molar-refractivity contribution in [2.24, 2.45) is 0 Å². The van der Waals surface area contributed by atoms with E-state index in [1.54, 1.807) is 30.3 Å². The molecule has 0 amide bonds. The van der Waals surface area contributed by atoms with Crippen molar-refractivity contribution in [3.8, 4) is 0 Å². The molecule has 14 heteroatoms. The number of esters is 3. The summed E-state index contributed by atoms with van der Waals surface area (Å²) in [7, 11) is -5.01. The molecule has 1 aromatic carbocycles. The molecular formula is C24H33F2O11P. The van der Waals surface area contributed by atoms with E-state index in [9.17, 15) is 18.9 Å². The highest BCUT2D eigenvalue weighted by Gasteiger charge is 2.60. The summed E-state index contributed by atoms with van der Waals surface area (Å²) >= 11 is 0. The molecule has 5 atom stereocenters. The molecule has 0 saturated carbocycles. The second-order valence-corrected chi connectivity index (χ2v) is 10.4. The summed E-state index contributed by atoms with van der Waals surface area (Å²) in [6.45, 7) is 5.09. The van der Waals surface area contributed by atoms with Crippen molar-refractivity contribution in [2.45, 2.75) is 84.0 Å². The van der Waals surface area contributed by atoms with Crippen molar-refractivity contribution in [2.75, 3.05) is 13.2 Å². The second-order valence-electron chi connectivity index (χ2n) is 8.26. The fraction of sp³-hybridized carbons (Fsp3) is 0.625. The second kappa shape index (κ2) is 14.1. The smallest absolute Gasteiger partial charge is 0.399 e. The third-order valence-electron chi connectivity index (χ3n) is 5.21. The summed E-state index contributed by atoms with van der Waals surface area (Å²) in [6, 6.07) is 8.74. The van der Waals surface area contributed by atoms with Crippen molar-refractivity contribution in [3.05, 3.63) is 35.9 Å². The number of ether oxygens (including phenoxy) is 5. The zero-order valence-corrected chi connectivity index (χ0v) is 22.7. The van der Waals surface area contributed by atoms with Gasteiger partial charge in [0.25, 0.3) is 0 Å². The van der Waals surface area contributed by atoms with E-state index in [1.165, 1.54) is 13.8 Å². The average Bonchev–Trinajstić information content (AvgIpc) is 2.81. The Morgan fingerprint density at radius 3 is 1.89 bits per heavy atom. The van der Waals surface area contributed by atoms with Crippen molar-refractivity contribution >= 4 is 25.5 Å². The molecule has 0 spiro atoms. The zero-order valence-electron chi connectivity index (χ0n) is 21.8. The fourth-order valence-corrected chi connectivity index (χ4v) is 5.36. The largest absolute Gasteiger partial charge is 0.456 e. The Kier molecular flexibility index (Phi) is 11.8. The number of carbonyl (C=O) groups is 3. The number of alkyl halides is 2. The lowest BCUT2D eigenvalue weighted by Gasteiger charge is -2.45. The van der Waals surface area contributed by atoms with Gasteiger partial charge in [0.05, 0.1) is 26.2 Å². The SMILES string of the molecule is CCOP(=O)(OCC)C(F)(F)C[C@H]1OC(OC(C)=O)[C@@H](OCc2ccccc2)[C@@H](OC(C)=O)[C@@H]1OC(C)=O. The summed E-state index contributed by atoms with van der Waals surface area (Å²) in [5, 5.41) is 0. The minimum atomic E-state index is -5.01. The first-order valence-electron chi connectivity index (χ1n) is 11.9. The van der Waals surface area contributed by atoms with Gasteiger partial charge >= 0.3 is 31.2 Å². The lowest BCUT2D eigenvalue weighted by Crippen LogP contribution is -2.62. The van der Waals surface area contributed by atoms with Crippen LogP contribution in [0.2, 0.25) is 0 Å². The third kappa shape index (κ3) is 8.54. The summed E-state index contributed by atoms with van der Waals surface area (Å²) in [5.41, 5.74) is -3.45. The standard InChI is InChI=1S/C24H33F2O11P/c1-6-32-38(30,33-7-2)24(25,26)13-19-20(34-15(3)27)21(35-16(4)28)22(23(37-19)36-17(5)29)31-14-18-11-9-8-10-12-18/h8-12,19-23H,6-7,13-14H2,1-5H3/t19-,20-,21+,22+,23?/m1/s1. The van der Waals surface area contributed by atoms with Crippen molar-refractivity contribution in [1.82, 2.24) is 0 Å². The fourth-order valence-electron chi connectivity index (χ4n) is 3.82. The van der Waals surface area contributed by atoms with Crippen LogP contribution >= 0.6 is 7.60 Å². The Balaban J connectivity index is 2.51. The van der Waals surface area contributed by atoms with Gasteiger partial charge in [-0.3, -0.25) is 18.9 Å². The van der Waals surface area contributed by atoms with E-state index in [0.717, 1.165) is 20.8 Å². The van der Waals surface area contributed by atoms with E-state index in [4.69, 9.17) is 32.7 Å². The van der Waals surface area contributed by atoms with Crippen LogP contribution in [0, 0.1) is 0 Å². The van der Waals surface area contributed by atoms with Gasteiger partial charge in [0.1, 0.15) is 6.10 Å². The number of carbonyl (C=O) groups excluding carboxylic acids is 3. The van der Waals surface area contributed by atoms with Gasteiger partial charge in [0, 0.05) is 20.8 Å². The van der Waals surface area contributed by atoms with Crippen LogP contribution in [0.5, 0.6) is 0 Å². The molecule has 1 aliphatic heterocycles. The first-order valence-corrected chi connectivity index (χ1v) is 13.5. The molecule has 0 radical (unpaired) electrons. The van der Waals surface area contributed by atoms with Gasteiger partial charge in [-0.25, -0.2) is 0 Å². The molecule has 1 heterocycles. The van der Waals surface area contributed by atoms with Gasteiger partial charge in [-0.2, -0.15) is 8.78 Å². The molecule has 11 nitrogen and oxygen atoms in total. The van der Waals surface area contributed by atoms with Crippen LogP contribution in [0.3, 0.4) is 0 Å². The summed E-state index contributed by atoms with van der Waals surface area (Å²) in [5.74, 6) is -2.62. The van der Waals surface area contributed by atoms with E-state index in [-0.39, 0.29) is 19.8 Å². The average molecular weight is 566 g/mol. The highest BCUT2D eigenvalue weighted by atomic mass is 31.2. The highest BCUT2D eigenvalue weighted by Crippen LogP contribution is 2.64. The van der Waals surface area contributed by atoms with E-state index in [0.29, 0.717) is 5.56 Å². The summed E-state index contributed by atoms with van der Waals surface area (Å²) in [6.07, 6.45) is -9.39. The molecule has 0 bridgehead atoms. The van der Waals surface area contributed by atoms with Gasteiger partial charge < -0.3 is 32.7 Å². The summed E-state index contributed by atoms with van der Waals surface area (Å²) < 4.78 is 80.7. The maximum atomic E-state index is 15.4. The first kappa shape index (κ1) is 31.8. The first-order chi connectivity index (χ1) is 17.8. The Morgan fingerprint density at radius 1 is 0.868 bits per heavy atom. The van der Waals surface area contributed by atoms with Crippen LogP contribution in [-0.2, 0) is 58.3 Å². The maximum absolute atomic E-state index is 15.4. The molecule has 2 rings (SSSR count). The molecule has 1 aromatic rings. The lowest BCUT2D eigenvalue weighted by atomic mass is 9.95. The number of halogens is 2. The van der Waals surface area contributed by atoms with E-state index >= 15 is 8.78 Å². The van der Waals surface area contributed by atoms with Crippen LogP contribution in [0.25, 0.3) is 0 Å². The monoisotopic (exact) mass is 566 g/mol. The van der Waals surface area contributed by atoms with Crippen LogP contribution < -0.4 is 0 Å². The predicted octanol–water partition coefficient (Wildman–Crippen LogP) is 3.97. The quantitative estimate of drug-likeness (QED) is 0.195. The minimum absolute atomic E-state index is 0.0815. The minimum Gasteiger partial charge on any atom is -0.456 e. The van der Waals surface area contributed by atoms with E-state index in [2.05, 4.69) is 0 Å². The van der Waals surface area contributed by atoms with Gasteiger partial charge in [-0.15, -0.1) is 0 Å². The molecule has 0 aliphatic carbocycles. The topological polar surface area (TPSA) is 133 Å². The molecule has 38 heavy (non-hydrogen) atoms. The van der Waals surface area contributed by atoms with Crippen LogP contribution in [0.4, 0.5) is 8.78 Å². The molecule has 1 aliphatic rings. The third-order valence-corrected chi connectivity index (χ3v) is 7.39. The van der Waals surface area contributed by atoms with Gasteiger partial charge in [0.2, 0.25) is 6.29 Å².